The maximum Gasteiger partial charge on any atom is 0.253 e. The van der Waals surface area contributed by atoms with E-state index in [0.29, 0.717) is 0 Å². The van der Waals surface area contributed by atoms with Crippen molar-refractivity contribution in [2.24, 2.45) is 5.92 Å². The minimum absolute atomic E-state index is 0.113. The van der Waals surface area contributed by atoms with Gasteiger partial charge in [-0.1, -0.05) is 0 Å². The highest BCUT2D eigenvalue weighted by atomic mass is 16.5. The highest BCUT2D eigenvalue weighted by Crippen LogP contribution is 2.30. The number of hydrogen-bond donors (Lipinski definition) is 0. The molecule has 120 valence electrons. The van der Waals surface area contributed by atoms with Crippen LogP contribution in [0.5, 0.6) is 0 Å². The fraction of sp³-hybridized carbons (Fsp3) is 0.421. The van der Waals surface area contributed by atoms with Crippen LogP contribution in [0.3, 0.4) is 0 Å². The Morgan fingerprint density at radius 1 is 1.09 bits per heavy atom. The van der Waals surface area contributed by atoms with Gasteiger partial charge in [0.1, 0.15) is 0 Å². The second-order valence-electron chi connectivity index (χ2n) is 6.58. The SMILES string of the molecule is O=C(c1ccc(-n2cccc2)cc1)N1CCC(OCC2CC2)C1. The number of benzene rings is 1. The average molecular weight is 310 g/mol. The molecular weight excluding hydrogens is 288 g/mol. The number of hydrogen-bond acceptors (Lipinski definition) is 2. The zero-order valence-corrected chi connectivity index (χ0v) is 13.2. The van der Waals surface area contributed by atoms with Crippen LogP contribution in [0.1, 0.15) is 29.6 Å². The van der Waals surface area contributed by atoms with Gasteiger partial charge in [-0.15, -0.1) is 0 Å². The van der Waals surface area contributed by atoms with E-state index in [-0.39, 0.29) is 12.0 Å². The third-order valence-electron chi connectivity index (χ3n) is 4.71. The topological polar surface area (TPSA) is 34.5 Å². The molecule has 1 aromatic carbocycles. The number of amides is 1. The molecule has 1 aromatic heterocycles. The summed E-state index contributed by atoms with van der Waals surface area (Å²) in [6.07, 6.45) is 7.79. The van der Waals surface area contributed by atoms with Crippen molar-refractivity contribution in [2.45, 2.75) is 25.4 Å². The second-order valence-corrected chi connectivity index (χ2v) is 6.58. The van der Waals surface area contributed by atoms with Crippen LogP contribution in [0, 0.1) is 5.92 Å². The van der Waals surface area contributed by atoms with Crippen LogP contribution in [0.2, 0.25) is 0 Å². The average Bonchev–Trinajstić information content (AvgIpc) is 3.07. The Balaban J connectivity index is 1.36. The van der Waals surface area contributed by atoms with Crippen molar-refractivity contribution in [3.05, 3.63) is 54.4 Å². The Bertz CT molecular complexity index is 659. The minimum atomic E-state index is 0.113. The zero-order valence-electron chi connectivity index (χ0n) is 13.2. The number of carbonyl (C=O) groups is 1. The Labute approximate surface area is 136 Å². The van der Waals surface area contributed by atoms with E-state index >= 15 is 0 Å². The molecule has 4 heteroatoms. The molecule has 2 aliphatic rings. The number of ether oxygens (including phenoxy) is 1. The Hall–Kier alpha value is -2.07. The van der Waals surface area contributed by atoms with Crippen LogP contribution in [0.4, 0.5) is 0 Å². The molecule has 0 spiro atoms. The standard InChI is InChI=1S/C19H22N2O2/c22-19(21-12-9-18(13-21)23-14-15-3-4-15)16-5-7-17(8-6-16)20-10-1-2-11-20/h1-2,5-8,10-11,15,18H,3-4,9,12-14H2. The first kappa shape index (κ1) is 14.5. The Morgan fingerprint density at radius 2 is 1.83 bits per heavy atom. The molecule has 2 aromatic rings. The quantitative estimate of drug-likeness (QED) is 0.850. The summed E-state index contributed by atoms with van der Waals surface area (Å²) in [4.78, 5) is 14.5. The van der Waals surface area contributed by atoms with Gasteiger partial charge in [0.05, 0.1) is 6.10 Å². The van der Waals surface area contributed by atoms with Gasteiger partial charge in [0, 0.05) is 43.3 Å². The smallest absolute Gasteiger partial charge is 0.253 e. The summed E-state index contributed by atoms with van der Waals surface area (Å²) in [6, 6.07) is 11.8. The van der Waals surface area contributed by atoms with E-state index in [9.17, 15) is 4.79 Å². The molecule has 1 saturated carbocycles. The lowest BCUT2D eigenvalue weighted by Gasteiger charge is -2.17. The summed E-state index contributed by atoms with van der Waals surface area (Å²) in [5.74, 6) is 0.891. The van der Waals surface area contributed by atoms with Gasteiger partial charge in [0.2, 0.25) is 0 Å². The van der Waals surface area contributed by atoms with Crippen molar-refractivity contribution in [3.8, 4) is 5.69 Å². The molecule has 1 saturated heterocycles. The largest absolute Gasteiger partial charge is 0.376 e. The Kier molecular flexibility index (Phi) is 3.92. The van der Waals surface area contributed by atoms with Gasteiger partial charge < -0.3 is 14.2 Å². The van der Waals surface area contributed by atoms with Crippen molar-refractivity contribution in [3.63, 3.8) is 0 Å². The summed E-state index contributed by atoms with van der Waals surface area (Å²) >= 11 is 0. The molecule has 1 atom stereocenters. The van der Waals surface area contributed by atoms with Crippen molar-refractivity contribution < 1.29 is 9.53 Å². The molecule has 1 aliphatic heterocycles. The number of rotatable bonds is 5. The number of nitrogens with zero attached hydrogens (tertiary/aromatic N) is 2. The molecule has 0 N–H and O–H groups in total. The fourth-order valence-electron chi connectivity index (χ4n) is 3.07. The lowest BCUT2D eigenvalue weighted by atomic mass is 10.2. The number of carbonyl (C=O) groups excluding carboxylic acids is 1. The third-order valence-corrected chi connectivity index (χ3v) is 4.71. The van der Waals surface area contributed by atoms with Crippen molar-refractivity contribution in [1.29, 1.82) is 0 Å². The minimum Gasteiger partial charge on any atom is -0.376 e. The van der Waals surface area contributed by atoms with Gasteiger partial charge >= 0.3 is 0 Å². The van der Waals surface area contributed by atoms with Crippen molar-refractivity contribution in [1.82, 2.24) is 9.47 Å². The maximum atomic E-state index is 12.6. The van der Waals surface area contributed by atoms with E-state index in [0.717, 1.165) is 43.3 Å². The predicted octanol–water partition coefficient (Wildman–Crippen LogP) is 3.12. The fourth-order valence-corrected chi connectivity index (χ4v) is 3.07. The summed E-state index contributed by atoms with van der Waals surface area (Å²) < 4.78 is 7.95. The van der Waals surface area contributed by atoms with Crippen LogP contribution in [0.25, 0.3) is 5.69 Å². The molecule has 1 amide bonds. The highest BCUT2D eigenvalue weighted by molar-refractivity contribution is 5.94. The van der Waals surface area contributed by atoms with E-state index in [4.69, 9.17) is 4.74 Å². The van der Waals surface area contributed by atoms with Crippen LogP contribution in [0.15, 0.2) is 48.8 Å². The van der Waals surface area contributed by atoms with E-state index in [1.165, 1.54) is 12.8 Å². The first-order chi connectivity index (χ1) is 11.3. The Morgan fingerprint density at radius 3 is 2.52 bits per heavy atom. The van der Waals surface area contributed by atoms with Gasteiger partial charge in [-0.25, -0.2) is 0 Å². The molecule has 4 rings (SSSR count). The van der Waals surface area contributed by atoms with Gasteiger partial charge in [-0.3, -0.25) is 4.79 Å². The van der Waals surface area contributed by atoms with E-state index in [1.54, 1.807) is 0 Å². The zero-order chi connectivity index (χ0) is 15.6. The van der Waals surface area contributed by atoms with Gasteiger partial charge in [-0.05, 0) is 61.6 Å². The third kappa shape index (κ3) is 3.32. The van der Waals surface area contributed by atoms with Crippen LogP contribution in [-0.4, -0.2) is 41.2 Å². The van der Waals surface area contributed by atoms with Crippen LogP contribution in [-0.2, 0) is 4.74 Å². The van der Waals surface area contributed by atoms with E-state index in [1.807, 2.05) is 58.3 Å². The predicted molar refractivity (Wildman–Crippen MR) is 88.8 cm³/mol. The van der Waals surface area contributed by atoms with Crippen molar-refractivity contribution >= 4 is 5.91 Å². The van der Waals surface area contributed by atoms with Crippen LogP contribution >= 0.6 is 0 Å². The molecule has 1 unspecified atom stereocenters. The molecule has 0 radical (unpaired) electrons. The monoisotopic (exact) mass is 310 g/mol. The number of likely N-dealkylation sites (tertiary alicyclic amines) is 1. The lowest BCUT2D eigenvalue weighted by Crippen LogP contribution is -2.30. The summed E-state index contributed by atoms with van der Waals surface area (Å²) in [6.45, 7) is 2.40. The van der Waals surface area contributed by atoms with E-state index < -0.39 is 0 Å². The molecule has 1 aliphatic carbocycles. The first-order valence-corrected chi connectivity index (χ1v) is 8.44. The number of aromatic nitrogens is 1. The van der Waals surface area contributed by atoms with Gasteiger partial charge in [-0.2, -0.15) is 0 Å². The summed E-state index contributed by atoms with van der Waals surface area (Å²) in [5, 5.41) is 0. The molecule has 23 heavy (non-hydrogen) atoms. The van der Waals surface area contributed by atoms with Gasteiger partial charge in [0.25, 0.3) is 5.91 Å². The highest BCUT2D eigenvalue weighted by Gasteiger charge is 2.29. The molecule has 0 bridgehead atoms. The first-order valence-electron chi connectivity index (χ1n) is 8.44. The van der Waals surface area contributed by atoms with Crippen molar-refractivity contribution in [2.75, 3.05) is 19.7 Å². The van der Waals surface area contributed by atoms with E-state index in [2.05, 4.69) is 0 Å². The molecule has 2 heterocycles. The molecule has 4 nitrogen and oxygen atoms in total. The normalized spacial score (nSPS) is 20.9. The lowest BCUT2D eigenvalue weighted by molar-refractivity contribution is 0.0480. The molecule has 2 fully saturated rings. The van der Waals surface area contributed by atoms with Crippen LogP contribution < -0.4 is 0 Å². The maximum absolute atomic E-state index is 12.6. The second kappa shape index (κ2) is 6.20. The molecular formula is C19H22N2O2. The summed E-state index contributed by atoms with van der Waals surface area (Å²) in [7, 11) is 0. The summed E-state index contributed by atoms with van der Waals surface area (Å²) in [5.41, 5.74) is 1.82. The van der Waals surface area contributed by atoms with Gasteiger partial charge in [0.15, 0.2) is 0 Å².